The summed E-state index contributed by atoms with van der Waals surface area (Å²) in [7, 11) is 0. The zero-order chi connectivity index (χ0) is 13.0. The molecule has 2 atom stereocenters. The molecule has 17 heavy (non-hydrogen) atoms. The lowest BCUT2D eigenvalue weighted by atomic mass is 10.1. The van der Waals surface area contributed by atoms with Gasteiger partial charge in [0.05, 0.1) is 5.56 Å². The van der Waals surface area contributed by atoms with E-state index in [9.17, 15) is 9.90 Å². The van der Waals surface area contributed by atoms with Gasteiger partial charge in [0, 0.05) is 15.5 Å². The first-order valence-electron chi connectivity index (χ1n) is 5.31. The van der Waals surface area contributed by atoms with E-state index in [1.165, 1.54) is 6.07 Å². The zero-order valence-electron chi connectivity index (χ0n) is 9.71. The second kappa shape index (κ2) is 6.44. The van der Waals surface area contributed by atoms with Crippen molar-refractivity contribution in [3.63, 3.8) is 0 Å². The highest BCUT2D eigenvalue weighted by Gasteiger charge is 2.17. The number of benzene rings is 1. The van der Waals surface area contributed by atoms with Crippen LogP contribution in [0, 0.1) is 9.49 Å². The third-order valence-electron chi connectivity index (χ3n) is 2.66. The highest BCUT2D eigenvalue weighted by Crippen LogP contribution is 2.20. The van der Waals surface area contributed by atoms with Crippen molar-refractivity contribution in [3.8, 4) is 5.75 Å². The minimum absolute atomic E-state index is 0.00589. The lowest BCUT2D eigenvalue weighted by Crippen LogP contribution is -2.37. The van der Waals surface area contributed by atoms with E-state index < -0.39 is 0 Å². The van der Waals surface area contributed by atoms with Gasteiger partial charge in [0.15, 0.2) is 0 Å². The number of phenolic OH excluding ortho intramolecular Hbond substituents is 1. The Morgan fingerprint density at radius 2 is 2.18 bits per heavy atom. The van der Waals surface area contributed by atoms with Crippen LogP contribution in [-0.4, -0.2) is 22.9 Å². The van der Waals surface area contributed by atoms with Gasteiger partial charge in [-0.05, 0) is 53.6 Å². The van der Waals surface area contributed by atoms with Crippen LogP contribution in [0.3, 0.4) is 0 Å². The average molecular weight is 368 g/mol. The van der Waals surface area contributed by atoms with Crippen LogP contribution in [-0.2, 0) is 0 Å². The molecule has 1 amide bonds. The van der Waals surface area contributed by atoms with Gasteiger partial charge in [0.25, 0.3) is 5.91 Å². The van der Waals surface area contributed by atoms with Crippen LogP contribution in [0.15, 0.2) is 18.2 Å². The van der Waals surface area contributed by atoms with E-state index in [2.05, 4.69) is 27.9 Å². The third-order valence-corrected chi connectivity index (χ3v) is 3.82. The van der Waals surface area contributed by atoms with Gasteiger partial charge in [-0.25, -0.2) is 0 Å². The first-order chi connectivity index (χ1) is 7.95. The van der Waals surface area contributed by atoms with Gasteiger partial charge in [-0.3, -0.25) is 4.79 Å². The Hall–Kier alpha value is -0.490. The summed E-state index contributed by atoms with van der Waals surface area (Å²) < 4.78 is 0.906. The van der Waals surface area contributed by atoms with Crippen LogP contribution in [0.1, 0.15) is 24.2 Å². The van der Waals surface area contributed by atoms with Crippen LogP contribution in [0.2, 0.25) is 0 Å². The molecule has 0 saturated carbocycles. The Morgan fingerprint density at radius 3 is 2.76 bits per heavy atom. The van der Waals surface area contributed by atoms with Crippen molar-refractivity contribution in [1.82, 2.24) is 5.32 Å². The van der Waals surface area contributed by atoms with E-state index in [-0.39, 0.29) is 23.6 Å². The molecule has 3 nitrogen and oxygen atoms in total. The molecule has 0 saturated heterocycles. The lowest BCUT2D eigenvalue weighted by Gasteiger charge is -2.19. The molecule has 0 spiro atoms. The molecule has 1 rings (SSSR count). The fraction of sp³-hybridized carbons (Fsp3) is 0.417. The zero-order valence-corrected chi connectivity index (χ0v) is 12.6. The molecule has 1 aromatic rings. The third kappa shape index (κ3) is 4.03. The van der Waals surface area contributed by atoms with Crippen molar-refractivity contribution < 1.29 is 9.90 Å². The summed E-state index contributed by atoms with van der Waals surface area (Å²) >= 11 is 7.83. The monoisotopic (exact) mass is 367 g/mol. The van der Waals surface area contributed by atoms with Gasteiger partial charge >= 0.3 is 0 Å². The Kier molecular flexibility index (Phi) is 5.52. The predicted octanol–water partition coefficient (Wildman–Crippen LogP) is 2.99. The van der Waals surface area contributed by atoms with E-state index in [1.54, 1.807) is 12.1 Å². The van der Waals surface area contributed by atoms with Crippen molar-refractivity contribution in [3.05, 3.63) is 27.3 Å². The Balaban J connectivity index is 2.79. The van der Waals surface area contributed by atoms with Crippen molar-refractivity contribution >= 4 is 40.1 Å². The number of alkyl halides is 1. The second-order valence-electron chi connectivity index (χ2n) is 4.06. The van der Waals surface area contributed by atoms with Crippen LogP contribution in [0.5, 0.6) is 5.75 Å². The van der Waals surface area contributed by atoms with Gasteiger partial charge in [0.1, 0.15) is 5.75 Å². The molecule has 94 valence electrons. The number of carbonyl (C=O) groups excluding carboxylic acids is 1. The quantitative estimate of drug-likeness (QED) is 0.635. The lowest BCUT2D eigenvalue weighted by molar-refractivity contribution is 0.0928. The molecule has 0 heterocycles. The molecule has 0 aliphatic heterocycles. The standard InChI is InChI=1S/C12H15ClINO2/c1-7(6-13)8(2)15-12(17)10-5-9(14)3-4-11(10)16/h3-5,7-8,16H,6H2,1-2H3,(H,15,17). The first kappa shape index (κ1) is 14.6. The number of carbonyl (C=O) groups is 1. The van der Waals surface area contributed by atoms with Crippen LogP contribution in [0.4, 0.5) is 0 Å². The number of hydrogen-bond acceptors (Lipinski definition) is 2. The Labute approximate surface area is 120 Å². The average Bonchev–Trinajstić information content (AvgIpc) is 2.30. The summed E-state index contributed by atoms with van der Waals surface area (Å²) in [5.74, 6) is 0.393. The van der Waals surface area contributed by atoms with E-state index in [1.807, 2.05) is 13.8 Å². The van der Waals surface area contributed by atoms with Crippen molar-refractivity contribution in [2.24, 2.45) is 5.92 Å². The Bertz CT molecular complexity index is 411. The molecule has 0 aromatic heterocycles. The molecule has 2 unspecified atom stereocenters. The topological polar surface area (TPSA) is 49.3 Å². The number of amides is 1. The summed E-state index contributed by atoms with van der Waals surface area (Å²) in [6, 6.07) is 4.89. The molecule has 1 aromatic carbocycles. The maximum atomic E-state index is 11.9. The van der Waals surface area contributed by atoms with Crippen LogP contribution in [0.25, 0.3) is 0 Å². The van der Waals surface area contributed by atoms with Gasteiger partial charge in [-0.2, -0.15) is 0 Å². The fourth-order valence-corrected chi connectivity index (χ4v) is 2.01. The van der Waals surface area contributed by atoms with Crippen molar-refractivity contribution in [2.45, 2.75) is 19.9 Å². The number of aromatic hydroxyl groups is 1. The van der Waals surface area contributed by atoms with Gasteiger partial charge in [0.2, 0.25) is 0 Å². The first-order valence-corrected chi connectivity index (χ1v) is 6.92. The van der Waals surface area contributed by atoms with Gasteiger partial charge in [-0.15, -0.1) is 11.6 Å². The summed E-state index contributed by atoms with van der Waals surface area (Å²) in [5.41, 5.74) is 0.297. The SMILES string of the molecule is CC(CCl)C(C)NC(=O)c1cc(I)ccc1O. The normalized spacial score (nSPS) is 14.1. The number of halogens is 2. The van der Waals surface area contributed by atoms with E-state index >= 15 is 0 Å². The van der Waals surface area contributed by atoms with Crippen LogP contribution < -0.4 is 5.32 Å². The molecule has 5 heteroatoms. The number of phenols is 1. The van der Waals surface area contributed by atoms with Crippen molar-refractivity contribution in [1.29, 1.82) is 0 Å². The minimum Gasteiger partial charge on any atom is -0.507 e. The highest BCUT2D eigenvalue weighted by atomic mass is 127. The number of rotatable bonds is 4. The minimum atomic E-state index is -0.273. The number of hydrogen-bond donors (Lipinski definition) is 2. The Morgan fingerprint density at radius 1 is 1.53 bits per heavy atom. The molecule has 0 aliphatic rings. The van der Waals surface area contributed by atoms with Crippen molar-refractivity contribution in [2.75, 3.05) is 5.88 Å². The number of nitrogens with one attached hydrogen (secondary N) is 1. The van der Waals surface area contributed by atoms with Crippen LogP contribution >= 0.6 is 34.2 Å². The summed E-state index contributed by atoms with van der Waals surface area (Å²) in [6.45, 7) is 3.86. The van der Waals surface area contributed by atoms with Gasteiger partial charge in [-0.1, -0.05) is 6.92 Å². The summed E-state index contributed by atoms with van der Waals surface area (Å²) in [6.07, 6.45) is 0. The van der Waals surface area contributed by atoms with E-state index in [0.717, 1.165) is 3.57 Å². The summed E-state index contributed by atoms with van der Waals surface area (Å²) in [5, 5.41) is 12.5. The van der Waals surface area contributed by atoms with Gasteiger partial charge < -0.3 is 10.4 Å². The maximum Gasteiger partial charge on any atom is 0.255 e. The molecular formula is C12H15ClINO2. The summed E-state index contributed by atoms with van der Waals surface area (Å²) in [4.78, 5) is 11.9. The fourth-order valence-electron chi connectivity index (χ4n) is 1.25. The smallest absolute Gasteiger partial charge is 0.255 e. The molecular weight excluding hydrogens is 352 g/mol. The predicted molar refractivity (Wildman–Crippen MR) is 77.6 cm³/mol. The largest absolute Gasteiger partial charge is 0.507 e. The van der Waals surface area contributed by atoms with E-state index in [0.29, 0.717) is 11.4 Å². The molecule has 0 radical (unpaired) electrons. The van der Waals surface area contributed by atoms with E-state index in [4.69, 9.17) is 11.6 Å². The highest BCUT2D eigenvalue weighted by molar-refractivity contribution is 14.1. The molecule has 2 N–H and O–H groups in total. The second-order valence-corrected chi connectivity index (χ2v) is 5.61. The molecule has 0 bridgehead atoms. The molecule has 0 aliphatic carbocycles. The molecule has 0 fully saturated rings. The maximum absolute atomic E-state index is 11.9.